The number of carbonyl (C=O) groups excluding carboxylic acids is 1. The van der Waals surface area contributed by atoms with E-state index < -0.39 is 0 Å². The number of amides is 1. The number of hydrogen-bond donors (Lipinski definition) is 1. The number of nitrogens with one attached hydrogen (secondary N) is 1. The first-order valence-electron chi connectivity index (χ1n) is 6.13. The summed E-state index contributed by atoms with van der Waals surface area (Å²) < 4.78 is 6.47. The Labute approximate surface area is 135 Å². The van der Waals surface area contributed by atoms with E-state index in [1.54, 1.807) is 12.1 Å². The lowest BCUT2D eigenvalue weighted by Gasteiger charge is -2.12. The zero-order valence-corrected chi connectivity index (χ0v) is 13.3. The van der Waals surface area contributed by atoms with Crippen LogP contribution in [0.15, 0.2) is 42.5 Å². The van der Waals surface area contributed by atoms with Crippen LogP contribution in [0.25, 0.3) is 0 Å². The maximum Gasteiger partial charge on any atom is 0.251 e. The predicted octanol–water partition coefficient (Wildman–Crippen LogP) is 3.81. The van der Waals surface area contributed by atoms with Gasteiger partial charge in [0.1, 0.15) is 12.4 Å². The highest BCUT2D eigenvalue weighted by Gasteiger charge is 2.25. The zero-order chi connectivity index (χ0) is 14.1. The summed E-state index contributed by atoms with van der Waals surface area (Å²) in [5, 5.41) is 3.56. The summed E-state index contributed by atoms with van der Waals surface area (Å²) in [5.74, 6) is 0.687. The van der Waals surface area contributed by atoms with Crippen molar-refractivity contribution >= 4 is 40.1 Å². The quantitative estimate of drug-likeness (QED) is 0.780. The van der Waals surface area contributed by atoms with Gasteiger partial charge in [-0.2, -0.15) is 0 Å². The number of ether oxygens (including phenoxy) is 1. The lowest BCUT2D eigenvalue weighted by atomic mass is 10.1. The molecule has 0 saturated heterocycles. The van der Waals surface area contributed by atoms with E-state index in [4.69, 9.17) is 16.3 Å². The average molecular weight is 400 g/mol. The van der Waals surface area contributed by atoms with Crippen LogP contribution in [0.5, 0.6) is 5.75 Å². The van der Waals surface area contributed by atoms with E-state index >= 15 is 0 Å². The summed E-state index contributed by atoms with van der Waals surface area (Å²) in [6.07, 6.45) is 0. The molecule has 1 amide bonds. The molecule has 1 atom stereocenters. The van der Waals surface area contributed by atoms with Gasteiger partial charge in [0.25, 0.3) is 5.91 Å². The molecule has 0 spiro atoms. The molecule has 0 aromatic heterocycles. The molecule has 0 radical (unpaired) electrons. The molecule has 1 unspecified atom stereocenters. The standard InChI is InChI=1S/C15H11ClINO2/c16-11-7-9(5-6-12(11)17)15(19)18-13-8-20-14-4-2-1-3-10(13)14/h1-7,13H,8H2,(H,18,19). The van der Waals surface area contributed by atoms with E-state index in [-0.39, 0.29) is 11.9 Å². The van der Waals surface area contributed by atoms with Gasteiger partial charge in [-0.15, -0.1) is 0 Å². The lowest BCUT2D eigenvalue weighted by Crippen LogP contribution is -2.29. The molecule has 3 rings (SSSR count). The van der Waals surface area contributed by atoms with Crippen molar-refractivity contribution in [3.8, 4) is 5.75 Å². The molecule has 0 bridgehead atoms. The van der Waals surface area contributed by atoms with Gasteiger partial charge in [0.05, 0.1) is 11.1 Å². The third-order valence-electron chi connectivity index (χ3n) is 3.19. The molecule has 0 aliphatic carbocycles. The number of hydrogen-bond acceptors (Lipinski definition) is 2. The van der Waals surface area contributed by atoms with Gasteiger partial charge >= 0.3 is 0 Å². The summed E-state index contributed by atoms with van der Waals surface area (Å²) in [5.41, 5.74) is 1.57. The van der Waals surface area contributed by atoms with Gasteiger partial charge in [0.2, 0.25) is 0 Å². The van der Waals surface area contributed by atoms with E-state index in [0.717, 1.165) is 14.9 Å². The third-order valence-corrected chi connectivity index (χ3v) is 4.76. The highest BCUT2D eigenvalue weighted by molar-refractivity contribution is 14.1. The summed E-state index contributed by atoms with van der Waals surface area (Å²) >= 11 is 8.17. The van der Waals surface area contributed by atoms with Crippen molar-refractivity contribution in [2.75, 3.05) is 6.61 Å². The fourth-order valence-corrected chi connectivity index (χ4v) is 2.68. The first kappa shape index (κ1) is 13.7. The smallest absolute Gasteiger partial charge is 0.251 e. The van der Waals surface area contributed by atoms with Crippen LogP contribution in [0.2, 0.25) is 5.02 Å². The molecule has 0 saturated carbocycles. The first-order valence-corrected chi connectivity index (χ1v) is 7.58. The Balaban J connectivity index is 1.79. The number of carbonyl (C=O) groups is 1. The second kappa shape index (κ2) is 5.61. The largest absolute Gasteiger partial charge is 0.491 e. The highest BCUT2D eigenvalue weighted by atomic mass is 127. The van der Waals surface area contributed by atoms with Crippen LogP contribution in [-0.2, 0) is 0 Å². The molecule has 0 fully saturated rings. The number of benzene rings is 2. The minimum atomic E-state index is -0.145. The molecular weight excluding hydrogens is 389 g/mol. The van der Waals surface area contributed by atoms with Crippen molar-refractivity contribution in [2.24, 2.45) is 0 Å². The maximum absolute atomic E-state index is 12.2. The summed E-state index contributed by atoms with van der Waals surface area (Å²) in [6.45, 7) is 0.461. The SMILES string of the molecule is O=C(NC1COc2ccccc21)c1ccc(I)c(Cl)c1. The van der Waals surface area contributed by atoms with Crippen molar-refractivity contribution in [1.29, 1.82) is 0 Å². The molecule has 20 heavy (non-hydrogen) atoms. The van der Waals surface area contributed by atoms with Crippen LogP contribution < -0.4 is 10.1 Å². The summed E-state index contributed by atoms with van der Waals surface area (Å²) in [6, 6.07) is 12.9. The van der Waals surface area contributed by atoms with Gasteiger partial charge in [-0.1, -0.05) is 29.8 Å². The normalized spacial score (nSPS) is 16.4. The average Bonchev–Trinajstić information content (AvgIpc) is 2.85. The fourth-order valence-electron chi connectivity index (χ4n) is 2.16. The molecule has 1 N–H and O–H groups in total. The molecule has 5 heteroatoms. The summed E-state index contributed by atoms with van der Waals surface area (Å²) in [4.78, 5) is 12.2. The molecule has 102 valence electrons. The topological polar surface area (TPSA) is 38.3 Å². The molecule has 3 nitrogen and oxygen atoms in total. The monoisotopic (exact) mass is 399 g/mol. The van der Waals surface area contributed by atoms with E-state index in [9.17, 15) is 4.79 Å². The Morgan fingerprint density at radius 3 is 2.90 bits per heavy atom. The molecule has 2 aromatic rings. The Morgan fingerprint density at radius 2 is 2.10 bits per heavy atom. The third kappa shape index (κ3) is 2.62. The maximum atomic E-state index is 12.2. The van der Waals surface area contributed by atoms with E-state index in [1.165, 1.54) is 0 Å². The number of para-hydroxylation sites is 1. The first-order chi connectivity index (χ1) is 9.65. The van der Waals surface area contributed by atoms with Crippen LogP contribution in [0.4, 0.5) is 0 Å². The van der Waals surface area contributed by atoms with Crippen LogP contribution in [0.1, 0.15) is 22.0 Å². The Hall–Kier alpha value is -1.27. The molecule has 2 aromatic carbocycles. The minimum absolute atomic E-state index is 0.114. The Morgan fingerprint density at radius 1 is 1.30 bits per heavy atom. The molecule has 1 aliphatic rings. The molecular formula is C15H11ClINO2. The second-order valence-corrected chi connectivity index (χ2v) is 6.07. The van der Waals surface area contributed by atoms with Gasteiger partial charge in [0, 0.05) is 14.7 Å². The van der Waals surface area contributed by atoms with Crippen molar-refractivity contribution in [3.63, 3.8) is 0 Å². The summed E-state index contributed by atoms with van der Waals surface area (Å²) in [7, 11) is 0. The zero-order valence-electron chi connectivity index (χ0n) is 10.4. The van der Waals surface area contributed by atoms with Crippen molar-refractivity contribution in [1.82, 2.24) is 5.32 Å². The van der Waals surface area contributed by atoms with E-state index in [2.05, 4.69) is 27.9 Å². The van der Waals surface area contributed by atoms with Crippen LogP contribution in [0, 0.1) is 3.57 Å². The van der Waals surface area contributed by atoms with Crippen molar-refractivity contribution in [3.05, 3.63) is 62.2 Å². The minimum Gasteiger partial charge on any atom is -0.491 e. The van der Waals surface area contributed by atoms with Crippen molar-refractivity contribution < 1.29 is 9.53 Å². The molecule has 1 heterocycles. The molecule has 1 aliphatic heterocycles. The van der Waals surface area contributed by atoms with Crippen LogP contribution >= 0.6 is 34.2 Å². The highest BCUT2D eigenvalue weighted by Crippen LogP contribution is 2.32. The Kier molecular flexibility index (Phi) is 3.85. The van der Waals surface area contributed by atoms with Gasteiger partial charge in [-0.3, -0.25) is 4.79 Å². The number of fused-ring (bicyclic) bond motifs is 1. The van der Waals surface area contributed by atoms with Gasteiger partial charge in [-0.25, -0.2) is 0 Å². The second-order valence-electron chi connectivity index (χ2n) is 4.50. The van der Waals surface area contributed by atoms with E-state index in [1.807, 2.05) is 30.3 Å². The van der Waals surface area contributed by atoms with Gasteiger partial charge < -0.3 is 10.1 Å². The van der Waals surface area contributed by atoms with E-state index in [0.29, 0.717) is 17.2 Å². The fraction of sp³-hybridized carbons (Fsp3) is 0.133. The Bertz CT molecular complexity index is 675. The van der Waals surface area contributed by atoms with Gasteiger partial charge in [-0.05, 0) is 46.9 Å². The van der Waals surface area contributed by atoms with Crippen LogP contribution in [0.3, 0.4) is 0 Å². The number of halogens is 2. The number of rotatable bonds is 2. The van der Waals surface area contributed by atoms with Crippen molar-refractivity contribution in [2.45, 2.75) is 6.04 Å². The predicted molar refractivity (Wildman–Crippen MR) is 86.3 cm³/mol. The van der Waals surface area contributed by atoms with Crippen LogP contribution in [-0.4, -0.2) is 12.5 Å². The lowest BCUT2D eigenvalue weighted by molar-refractivity contribution is 0.0930. The van der Waals surface area contributed by atoms with Gasteiger partial charge in [0.15, 0.2) is 0 Å².